The Morgan fingerprint density at radius 3 is 2.42 bits per heavy atom. The molecule has 26 heavy (non-hydrogen) atoms. The van der Waals surface area contributed by atoms with Crippen LogP contribution < -0.4 is 10.9 Å². The Bertz CT molecular complexity index is 1020. The molecule has 2 N–H and O–H groups in total. The maximum Gasteiger partial charge on any atom is 0.322 e. The second-order valence-corrected chi connectivity index (χ2v) is 5.99. The van der Waals surface area contributed by atoms with E-state index in [1.807, 2.05) is 0 Å². The van der Waals surface area contributed by atoms with Crippen LogP contribution in [0, 0.1) is 11.6 Å². The number of anilines is 1. The number of rotatable bonds is 3. The fraction of sp³-hybridized carbons (Fsp3) is 0.158. The van der Waals surface area contributed by atoms with Gasteiger partial charge in [0.05, 0.1) is 11.4 Å². The number of benzene rings is 2. The molecule has 134 valence electrons. The van der Waals surface area contributed by atoms with E-state index in [0.717, 1.165) is 0 Å². The van der Waals surface area contributed by atoms with Crippen molar-refractivity contribution < 1.29 is 13.6 Å². The molecule has 0 bridgehead atoms. The molecule has 1 atom stereocenters. The van der Waals surface area contributed by atoms with Gasteiger partial charge in [-0.1, -0.05) is 6.07 Å². The first-order valence-corrected chi connectivity index (χ1v) is 7.97. The van der Waals surface area contributed by atoms with Gasteiger partial charge in [0.15, 0.2) is 0 Å². The molecule has 0 saturated heterocycles. The first-order valence-electron chi connectivity index (χ1n) is 7.97. The second kappa shape index (κ2) is 6.95. The number of urea groups is 1. The molecule has 0 aliphatic heterocycles. The predicted octanol–water partition coefficient (Wildman–Crippen LogP) is 4.03. The molecule has 1 heterocycles. The summed E-state index contributed by atoms with van der Waals surface area (Å²) in [7, 11) is 1.60. The quantitative estimate of drug-likeness (QED) is 0.743. The van der Waals surface area contributed by atoms with Gasteiger partial charge in [-0.15, -0.1) is 0 Å². The lowest BCUT2D eigenvalue weighted by Gasteiger charge is -2.26. The van der Waals surface area contributed by atoms with Crippen molar-refractivity contribution in [1.82, 2.24) is 9.88 Å². The zero-order valence-corrected chi connectivity index (χ0v) is 14.2. The van der Waals surface area contributed by atoms with Crippen molar-refractivity contribution in [3.05, 3.63) is 76.2 Å². The highest BCUT2D eigenvalue weighted by Crippen LogP contribution is 2.26. The van der Waals surface area contributed by atoms with E-state index in [4.69, 9.17) is 0 Å². The van der Waals surface area contributed by atoms with Gasteiger partial charge in [-0.05, 0) is 54.3 Å². The molecule has 5 nitrogen and oxygen atoms in total. The lowest BCUT2D eigenvalue weighted by molar-refractivity contribution is 0.208. The highest BCUT2D eigenvalue weighted by molar-refractivity contribution is 5.90. The predicted molar refractivity (Wildman–Crippen MR) is 96.1 cm³/mol. The van der Waals surface area contributed by atoms with Crippen LogP contribution in [0.15, 0.2) is 53.5 Å². The standard InChI is InChI=1S/C19H17F2N3O2/c1-11(24(2)19(26)23-14-6-3-12(20)4-7-14)17-10-22-18(25)16-9-13(21)5-8-15(16)17/h3-11H,1-2H3,(H,22,25)(H,23,26). The molecule has 7 heteroatoms. The molecule has 0 aliphatic rings. The molecule has 1 unspecified atom stereocenters. The van der Waals surface area contributed by atoms with Crippen LogP contribution in [0.3, 0.4) is 0 Å². The zero-order valence-electron chi connectivity index (χ0n) is 14.2. The number of nitrogens with one attached hydrogen (secondary N) is 2. The van der Waals surface area contributed by atoms with Gasteiger partial charge in [0.1, 0.15) is 11.6 Å². The summed E-state index contributed by atoms with van der Waals surface area (Å²) in [5.74, 6) is -0.896. The van der Waals surface area contributed by atoms with E-state index in [2.05, 4.69) is 10.3 Å². The molecule has 2 amide bonds. The molecule has 3 aromatic rings. The van der Waals surface area contributed by atoms with Crippen LogP contribution in [0.5, 0.6) is 0 Å². The van der Waals surface area contributed by atoms with Gasteiger partial charge in [-0.3, -0.25) is 4.79 Å². The Kier molecular flexibility index (Phi) is 4.71. The average Bonchev–Trinajstić information content (AvgIpc) is 2.63. The van der Waals surface area contributed by atoms with E-state index in [1.165, 1.54) is 53.6 Å². The summed E-state index contributed by atoms with van der Waals surface area (Å²) in [4.78, 5) is 28.4. The van der Waals surface area contributed by atoms with E-state index < -0.39 is 29.3 Å². The Labute approximate surface area is 148 Å². The van der Waals surface area contributed by atoms with Crippen molar-refractivity contribution in [2.75, 3.05) is 12.4 Å². The topological polar surface area (TPSA) is 65.2 Å². The van der Waals surface area contributed by atoms with Crippen LogP contribution in [0.2, 0.25) is 0 Å². The van der Waals surface area contributed by atoms with Crippen LogP contribution in [0.25, 0.3) is 10.8 Å². The second-order valence-electron chi connectivity index (χ2n) is 5.99. The van der Waals surface area contributed by atoms with E-state index in [-0.39, 0.29) is 5.39 Å². The molecule has 2 aromatic carbocycles. The zero-order chi connectivity index (χ0) is 18.8. The molecule has 0 fully saturated rings. The number of H-pyrrole nitrogens is 1. The Balaban J connectivity index is 1.88. The van der Waals surface area contributed by atoms with Crippen molar-refractivity contribution in [3.63, 3.8) is 0 Å². The number of aromatic amines is 1. The van der Waals surface area contributed by atoms with Gasteiger partial charge in [0, 0.05) is 18.9 Å². The summed E-state index contributed by atoms with van der Waals surface area (Å²) < 4.78 is 26.4. The summed E-state index contributed by atoms with van der Waals surface area (Å²) in [6, 6.07) is 8.60. The average molecular weight is 357 g/mol. The number of nitrogens with zero attached hydrogens (tertiary/aromatic N) is 1. The highest BCUT2D eigenvalue weighted by atomic mass is 19.1. The van der Waals surface area contributed by atoms with Crippen molar-refractivity contribution in [3.8, 4) is 0 Å². The summed E-state index contributed by atoms with van der Waals surface area (Å²) in [6.45, 7) is 1.79. The fourth-order valence-electron chi connectivity index (χ4n) is 2.73. The third-order valence-corrected chi connectivity index (χ3v) is 4.34. The fourth-order valence-corrected chi connectivity index (χ4v) is 2.73. The van der Waals surface area contributed by atoms with Gasteiger partial charge < -0.3 is 15.2 Å². The molecular formula is C19H17F2N3O2. The Morgan fingerprint density at radius 1 is 1.08 bits per heavy atom. The third-order valence-electron chi connectivity index (χ3n) is 4.34. The first-order chi connectivity index (χ1) is 12.4. The Morgan fingerprint density at radius 2 is 1.73 bits per heavy atom. The van der Waals surface area contributed by atoms with Gasteiger partial charge in [-0.2, -0.15) is 0 Å². The van der Waals surface area contributed by atoms with Crippen LogP contribution in [0.4, 0.5) is 19.3 Å². The molecule has 0 spiro atoms. The largest absolute Gasteiger partial charge is 0.328 e. The maximum atomic E-state index is 13.5. The number of aromatic nitrogens is 1. The number of hydrogen-bond acceptors (Lipinski definition) is 2. The smallest absolute Gasteiger partial charge is 0.322 e. The van der Waals surface area contributed by atoms with Gasteiger partial charge in [0.25, 0.3) is 5.56 Å². The van der Waals surface area contributed by atoms with Gasteiger partial charge >= 0.3 is 6.03 Å². The monoisotopic (exact) mass is 357 g/mol. The number of amides is 2. The lowest BCUT2D eigenvalue weighted by atomic mass is 10.0. The molecule has 1 aromatic heterocycles. The summed E-state index contributed by atoms with van der Waals surface area (Å²) in [6.07, 6.45) is 1.52. The number of carbonyl (C=O) groups excluding carboxylic acids is 1. The van der Waals surface area contributed by atoms with Crippen LogP contribution in [0.1, 0.15) is 18.5 Å². The minimum atomic E-state index is -0.504. The minimum Gasteiger partial charge on any atom is -0.328 e. The van der Waals surface area contributed by atoms with Crippen molar-refractivity contribution in [1.29, 1.82) is 0 Å². The van der Waals surface area contributed by atoms with Crippen LogP contribution in [-0.2, 0) is 0 Å². The molecule has 0 radical (unpaired) electrons. The molecule has 0 saturated carbocycles. The number of hydrogen-bond donors (Lipinski definition) is 2. The third kappa shape index (κ3) is 3.42. The summed E-state index contributed by atoms with van der Waals surface area (Å²) in [5, 5.41) is 3.47. The normalized spacial score (nSPS) is 12.0. The van der Waals surface area contributed by atoms with Crippen molar-refractivity contribution in [2.45, 2.75) is 13.0 Å². The van der Waals surface area contributed by atoms with Crippen molar-refractivity contribution >= 4 is 22.5 Å². The molecular weight excluding hydrogens is 340 g/mol. The van der Waals surface area contributed by atoms with E-state index in [1.54, 1.807) is 14.0 Å². The maximum absolute atomic E-state index is 13.5. The Hall–Kier alpha value is -3.22. The van der Waals surface area contributed by atoms with Crippen LogP contribution >= 0.6 is 0 Å². The summed E-state index contributed by atoms with van der Waals surface area (Å²) >= 11 is 0. The number of pyridine rings is 1. The molecule has 0 aliphatic carbocycles. The number of fused-ring (bicyclic) bond motifs is 1. The molecule has 3 rings (SSSR count). The number of halogens is 2. The minimum absolute atomic E-state index is 0.224. The van der Waals surface area contributed by atoms with E-state index >= 15 is 0 Å². The van der Waals surface area contributed by atoms with Gasteiger partial charge in [0.2, 0.25) is 0 Å². The van der Waals surface area contributed by atoms with E-state index in [9.17, 15) is 18.4 Å². The van der Waals surface area contributed by atoms with E-state index in [0.29, 0.717) is 16.6 Å². The van der Waals surface area contributed by atoms with Crippen molar-refractivity contribution in [2.24, 2.45) is 0 Å². The lowest BCUT2D eigenvalue weighted by Crippen LogP contribution is -2.34. The number of carbonyl (C=O) groups is 1. The SMILES string of the molecule is CC(c1c[nH]c(=O)c2cc(F)ccc12)N(C)C(=O)Nc1ccc(F)cc1. The summed E-state index contributed by atoms with van der Waals surface area (Å²) in [5.41, 5.74) is 0.745. The van der Waals surface area contributed by atoms with Crippen LogP contribution in [-0.4, -0.2) is 23.0 Å². The first kappa shape index (κ1) is 17.6. The van der Waals surface area contributed by atoms with Gasteiger partial charge in [-0.25, -0.2) is 13.6 Å². The highest BCUT2D eigenvalue weighted by Gasteiger charge is 2.20.